The molecule has 3 rings (SSSR count). The van der Waals surface area contributed by atoms with Crippen LogP contribution in [0.5, 0.6) is 0 Å². The van der Waals surface area contributed by atoms with Crippen molar-refractivity contribution in [3.05, 3.63) is 11.6 Å². The van der Waals surface area contributed by atoms with Crippen LogP contribution in [0.1, 0.15) is 39.0 Å². The third-order valence-corrected chi connectivity index (χ3v) is 4.79. The number of alkyl halides is 3. The minimum absolute atomic E-state index is 0.0129. The van der Waals surface area contributed by atoms with Crippen molar-refractivity contribution in [2.75, 3.05) is 0 Å². The van der Waals surface area contributed by atoms with Gasteiger partial charge in [-0.1, -0.05) is 11.6 Å². The van der Waals surface area contributed by atoms with Crippen molar-refractivity contribution < 1.29 is 18.0 Å². The van der Waals surface area contributed by atoms with Crippen molar-refractivity contribution >= 4 is 5.91 Å². The van der Waals surface area contributed by atoms with Gasteiger partial charge in [0.1, 0.15) is 0 Å². The lowest BCUT2D eigenvalue weighted by Gasteiger charge is -2.41. The molecule has 2 nitrogen and oxygen atoms in total. The summed E-state index contributed by atoms with van der Waals surface area (Å²) in [7, 11) is 0. The number of nitrogens with zero attached hydrogens (tertiary/aromatic N) is 1. The maximum absolute atomic E-state index is 12.5. The first-order valence-electron chi connectivity index (χ1n) is 6.92. The summed E-state index contributed by atoms with van der Waals surface area (Å²) in [6, 6.07) is 0.364. The minimum atomic E-state index is -4.13. The molecule has 1 amide bonds. The SMILES string of the molecule is CC1=CC2CCC(C1)N2C(=O)C1CC(C(F)(F)F)C1. The third-order valence-electron chi connectivity index (χ3n) is 4.79. The van der Waals surface area contributed by atoms with Gasteiger partial charge in [0.25, 0.3) is 0 Å². The lowest BCUT2D eigenvalue weighted by atomic mass is 9.73. The van der Waals surface area contributed by atoms with Gasteiger partial charge in [-0.2, -0.15) is 13.2 Å². The van der Waals surface area contributed by atoms with E-state index in [4.69, 9.17) is 0 Å². The average molecular weight is 273 g/mol. The van der Waals surface area contributed by atoms with E-state index in [1.807, 2.05) is 4.90 Å². The molecule has 0 spiro atoms. The second kappa shape index (κ2) is 4.25. The molecule has 0 aromatic heterocycles. The molecular formula is C14H18F3NO. The molecule has 1 aliphatic carbocycles. The summed E-state index contributed by atoms with van der Waals surface area (Å²) in [6.07, 6.45) is 0.790. The van der Waals surface area contributed by atoms with Gasteiger partial charge in [0.15, 0.2) is 0 Å². The van der Waals surface area contributed by atoms with Crippen LogP contribution in [0.15, 0.2) is 11.6 Å². The van der Waals surface area contributed by atoms with E-state index in [0.717, 1.165) is 19.3 Å². The Labute approximate surface area is 110 Å². The van der Waals surface area contributed by atoms with Crippen LogP contribution >= 0.6 is 0 Å². The summed E-state index contributed by atoms with van der Waals surface area (Å²) in [4.78, 5) is 14.2. The van der Waals surface area contributed by atoms with E-state index in [-0.39, 0.29) is 30.8 Å². The summed E-state index contributed by atoms with van der Waals surface area (Å²) >= 11 is 0. The number of fused-ring (bicyclic) bond motifs is 2. The van der Waals surface area contributed by atoms with Gasteiger partial charge >= 0.3 is 6.18 Å². The summed E-state index contributed by atoms with van der Waals surface area (Å²) < 4.78 is 37.4. The maximum atomic E-state index is 12.5. The molecule has 106 valence electrons. The molecule has 2 atom stereocenters. The van der Waals surface area contributed by atoms with Crippen molar-refractivity contribution in [2.24, 2.45) is 11.8 Å². The maximum Gasteiger partial charge on any atom is 0.391 e. The van der Waals surface area contributed by atoms with E-state index in [2.05, 4.69) is 13.0 Å². The number of amides is 1. The topological polar surface area (TPSA) is 20.3 Å². The van der Waals surface area contributed by atoms with E-state index in [9.17, 15) is 18.0 Å². The van der Waals surface area contributed by atoms with E-state index in [0.29, 0.717) is 0 Å². The molecule has 0 radical (unpaired) electrons. The number of hydrogen-bond donors (Lipinski definition) is 0. The van der Waals surface area contributed by atoms with Gasteiger partial charge in [-0.05, 0) is 39.0 Å². The van der Waals surface area contributed by atoms with Gasteiger partial charge in [0, 0.05) is 12.0 Å². The van der Waals surface area contributed by atoms with E-state index < -0.39 is 18.0 Å². The van der Waals surface area contributed by atoms with Gasteiger partial charge in [0.2, 0.25) is 5.91 Å². The molecule has 19 heavy (non-hydrogen) atoms. The Morgan fingerprint density at radius 2 is 2.00 bits per heavy atom. The molecule has 0 N–H and O–H groups in total. The highest BCUT2D eigenvalue weighted by atomic mass is 19.4. The second-order valence-corrected chi connectivity index (χ2v) is 6.17. The Bertz CT molecular complexity index is 423. The Balaban J connectivity index is 1.64. The molecular weight excluding hydrogens is 255 g/mol. The highest BCUT2D eigenvalue weighted by molar-refractivity contribution is 5.81. The smallest absolute Gasteiger partial charge is 0.333 e. The van der Waals surface area contributed by atoms with Gasteiger partial charge in [-0.25, -0.2) is 0 Å². The third kappa shape index (κ3) is 2.17. The van der Waals surface area contributed by atoms with Crippen LogP contribution in [0.25, 0.3) is 0 Å². The predicted octanol–water partition coefficient (Wildman–Crippen LogP) is 3.28. The zero-order valence-corrected chi connectivity index (χ0v) is 10.9. The summed E-state index contributed by atoms with van der Waals surface area (Å²) in [5.41, 5.74) is 1.30. The number of hydrogen-bond acceptors (Lipinski definition) is 1. The molecule has 2 fully saturated rings. The molecule has 5 heteroatoms. The van der Waals surface area contributed by atoms with Crippen LogP contribution in [0.2, 0.25) is 0 Å². The molecule has 2 heterocycles. The average Bonchev–Trinajstić information content (AvgIpc) is 2.46. The zero-order valence-electron chi connectivity index (χ0n) is 10.9. The first-order valence-corrected chi connectivity index (χ1v) is 6.92. The number of carbonyl (C=O) groups excluding carboxylic acids is 1. The van der Waals surface area contributed by atoms with Crippen LogP contribution in [0.3, 0.4) is 0 Å². The predicted molar refractivity (Wildman–Crippen MR) is 64.3 cm³/mol. The van der Waals surface area contributed by atoms with Gasteiger partial charge in [-0.3, -0.25) is 4.79 Å². The van der Waals surface area contributed by atoms with Gasteiger partial charge in [0.05, 0.1) is 12.0 Å². The van der Waals surface area contributed by atoms with Crippen LogP contribution in [-0.2, 0) is 4.79 Å². The lowest BCUT2D eigenvalue weighted by molar-refractivity contribution is -0.206. The summed E-state index contributed by atoms with van der Waals surface area (Å²) in [5.74, 6) is -1.71. The zero-order chi connectivity index (χ0) is 13.8. The summed E-state index contributed by atoms with van der Waals surface area (Å²) in [6.45, 7) is 2.07. The van der Waals surface area contributed by atoms with Crippen LogP contribution < -0.4 is 0 Å². The Hall–Kier alpha value is -1.00. The fraction of sp³-hybridized carbons (Fsp3) is 0.786. The highest BCUT2D eigenvalue weighted by Crippen LogP contribution is 2.47. The molecule has 0 aromatic rings. The highest BCUT2D eigenvalue weighted by Gasteiger charge is 2.52. The van der Waals surface area contributed by atoms with Crippen LogP contribution in [0.4, 0.5) is 13.2 Å². The second-order valence-electron chi connectivity index (χ2n) is 6.17. The number of carbonyl (C=O) groups is 1. The Morgan fingerprint density at radius 3 is 2.58 bits per heavy atom. The van der Waals surface area contributed by atoms with E-state index in [1.54, 1.807) is 0 Å². The normalized spacial score (nSPS) is 37.9. The fourth-order valence-corrected chi connectivity index (χ4v) is 3.69. The van der Waals surface area contributed by atoms with Gasteiger partial charge in [-0.15, -0.1) is 0 Å². The lowest BCUT2D eigenvalue weighted by Crippen LogP contribution is -2.50. The standard InChI is InChI=1S/C14H18F3NO/c1-8-4-11-2-3-12(5-8)18(11)13(19)9-6-10(7-9)14(15,16)17/h4,9-12H,2-3,5-7H2,1H3. The minimum Gasteiger partial charge on any atom is -0.333 e. The molecule has 3 aliphatic rings. The van der Waals surface area contributed by atoms with Crippen molar-refractivity contribution in [3.8, 4) is 0 Å². The summed E-state index contributed by atoms with van der Waals surface area (Å²) in [5, 5.41) is 0. The van der Waals surface area contributed by atoms with E-state index >= 15 is 0 Å². The van der Waals surface area contributed by atoms with Crippen molar-refractivity contribution in [1.29, 1.82) is 0 Å². The molecule has 2 unspecified atom stereocenters. The number of halogens is 3. The van der Waals surface area contributed by atoms with Crippen molar-refractivity contribution in [3.63, 3.8) is 0 Å². The molecule has 1 saturated heterocycles. The largest absolute Gasteiger partial charge is 0.391 e. The molecule has 2 bridgehead atoms. The van der Waals surface area contributed by atoms with Crippen LogP contribution in [0, 0.1) is 11.8 Å². The van der Waals surface area contributed by atoms with Crippen molar-refractivity contribution in [2.45, 2.75) is 57.3 Å². The van der Waals surface area contributed by atoms with Crippen LogP contribution in [-0.4, -0.2) is 29.1 Å². The molecule has 0 aromatic carbocycles. The first kappa shape index (κ1) is 13.0. The van der Waals surface area contributed by atoms with E-state index in [1.165, 1.54) is 5.57 Å². The first-order chi connectivity index (χ1) is 8.86. The number of rotatable bonds is 1. The Kier molecular flexibility index (Phi) is 2.91. The fourth-order valence-electron chi connectivity index (χ4n) is 3.69. The van der Waals surface area contributed by atoms with Crippen molar-refractivity contribution in [1.82, 2.24) is 4.90 Å². The Morgan fingerprint density at radius 1 is 1.32 bits per heavy atom. The monoisotopic (exact) mass is 273 g/mol. The molecule has 2 aliphatic heterocycles. The molecule has 1 saturated carbocycles. The van der Waals surface area contributed by atoms with Gasteiger partial charge < -0.3 is 4.90 Å². The quantitative estimate of drug-likeness (QED) is 0.671.